The summed E-state index contributed by atoms with van der Waals surface area (Å²) in [5, 5.41) is 4.15. The average Bonchev–Trinajstić information content (AvgIpc) is 2.69. The Balaban J connectivity index is 2.01. The molecule has 1 N–H and O–H groups in total. The molecule has 7 nitrogen and oxygen atoms in total. The average molecular weight is 372 g/mol. The van der Waals surface area contributed by atoms with E-state index in [1.165, 1.54) is 11.9 Å². The monoisotopic (exact) mass is 372 g/mol. The summed E-state index contributed by atoms with van der Waals surface area (Å²) in [5.41, 5.74) is 0.350. The summed E-state index contributed by atoms with van der Waals surface area (Å²) in [6.07, 6.45) is 0.816. The van der Waals surface area contributed by atoms with E-state index in [4.69, 9.17) is 9.47 Å². The lowest BCUT2D eigenvalue weighted by molar-refractivity contribution is -0.137. The normalized spacial score (nSPS) is 10.3. The molecule has 0 aromatic heterocycles. The maximum atomic E-state index is 12.4. The van der Waals surface area contributed by atoms with Gasteiger partial charge in [-0.1, -0.05) is 31.2 Å². The number of esters is 1. The zero-order valence-corrected chi connectivity index (χ0v) is 15.8. The molecule has 0 fully saturated rings. The summed E-state index contributed by atoms with van der Waals surface area (Å²) >= 11 is 0. The van der Waals surface area contributed by atoms with Crippen molar-refractivity contribution in [3.8, 4) is 5.75 Å². The van der Waals surface area contributed by atoms with Crippen LogP contribution < -0.4 is 10.1 Å². The van der Waals surface area contributed by atoms with Gasteiger partial charge in [0.25, 0.3) is 5.91 Å². The lowest BCUT2D eigenvalue weighted by Gasteiger charge is -2.17. The molecule has 2 aromatic rings. The molecule has 0 saturated carbocycles. The maximum absolute atomic E-state index is 12.4. The number of hydrogen-bond acceptors (Lipinski definition) is 5. The number of carbonyl (C=O) groups is 3. The Morgan fingerprint density at radius 3 is 2.44 bits per heavy atom. The molecule has 0 atom stereocenters. The number of hydrogen-bond donors (Lipinski definition) is 1. The smallest absolute Gasteiger partial charge is 0.339 e. The molecule has 0 aliphatic carbocycles. The van der Waals surface area contributed by atoms with Crippen LogP contribution in [0.25, 0.3) is 10.8 Å². The zero-order valence-electron chi connectivity index (χ0n) is 15.8. The number of rotatable bonds is 8. The van der Waals surface area contributed by atoms with Crippen molar-refractivity contribution < 1.29 is 23.9 Å². The fraction of sp³-hybridized carbons (Fsp3) is 0.350. The van der Waals surface area contributed by atoms with Crippen molar-refractivity contribution in [3.05, 3.63) is 42.0 Å². The van der Waals surface area contributed by atoms with Gasteiger partial charge in [-0.05, 0) is 23.9 Å². The minimum Gasteiger partial charge on any atom is -0.496 e. The van der Waals surface area contributed by atoms with Crippen LogP contribution in [0.4, 0.5) is 0 Å². The first-order valence-corrected chi connectivity index (χ1v) is 8.71. The van der Waals surface area contributed by atoms with Crippen molar-refractivity contribution >= 4 is 28.6 Å². The molecule has 0 unspecified atom stereocenters. The first kappa shape index (κ1) is 20.2. The first-order valence-electron chi connectivity index (χ1n) is 8.71. The second kappa shape index (κ2) is 9.56. The van der Waals surface area contributed by atoms with E-state index >= 15 is 0 Å². The molecule has 2 aromatic carbocycles. The van der Waals surface area contributed by atoms with E-state index < -0.39 is 18.5 Å². The molecule has 7 heteroatoms. The summed E-state index contributed by atoms with van der Waals surface area (Å²) in [4.78, 5) is 37.4. The van der Waals surface area contributed by atoms with Crippen LogP contribution in [0.15, 0.2) is 36.4 Å². The van der Waals surface area contributed by atoms with Crippen LogP contribution in [-0.4, -0.2) is 56.5 Å². The Morgan fingerprint density at radius 2 is 1.78 bits per heavy atom. The van der Waals surface area contributed by atoms with Crippen LogP contribution in [0.3, 0.4) is 0 Å². The van der Waals surface area contributed by atoms with Crippen LogP contribution in [0.5, 0.6) is 5.75 Å². The zero-order chi connectivity index (χ0) is 19.8. The SMILES string of the molecule is CCCNC(=O)CN(C)C(=O)COC(=O)c1ccc(OC)c2ccccc12. The number of carbonyl (C=O) groups excluding carboxylic acids is 3. The summed E-state index contributed by atoms with van der Waals surface area (Å²) in [6, 6.07) is 10.6. The maximum Gasteiger partial charge on any atom is 0.339 e. The minimum atomic E-state index is -0.606. The molecule has 0 spiro atoms. The Kier molecular flexibility index (Phi) is 7.16. The van der Waals surface area contributed by atoms with Crippen LogP contribution in [0, 0.1) is 0 Å². The van der Waals surface area contributed by atoms with Crippen LogP contribution in [0.2, 0.25) is 0 Å². The van der Waals surface area contributed by atoms with Gasteiger partial charge in [0, 0.05) is 19.0 Å². The Hall–Kier alpha value is -3.09. The summed E-state index contributed by atoms with van der Waals surface area (Å²) in [5.74, 6) is -0.657. The van der Waals surface area contributed by atoms with E-state index in [0.717, 1.165) is 11.8 Å². The highest BCUT2D eigenvalue weighted by Crippen LogP contribution is 2.28. The number of likely N-dealkylation sites (N-methyl/N-ethyl adjacent to an activating group) is 1. The van der Waals surface area contributed by atoms with Gasteiger partial charge in [0.15, 0.2) is 6.61 Å². The van der Waals surface area contributed by atoms with Crippen molar-refractivity contribution in [2.45, 2.75) is 13.3 Å². The largest absolute Gasteiger partial charge is 0.496 e. The molecule has 0 bridgehead atoms. The van der Waals surface area contributed by atoms with Gasteiger partial charge in [0.1, 0.15) is 5.75 Å². The number of nitrogens with one attached hydrogen (secondary N) is 1. The topological polar surface area (TPSA) is 84.9 Å². The molecule has 27 heavy (non-hydrogen) atoms. The number of nitrogens with zero attached hydrogens (tertiary/aromatic N) is 1. The van der Waals surface area contributed by atoms with E-state index in [9.17, 15) is 14.4 Å². The molecule has 0 heterocycles. The standard InChI is InChI=1S/C20H24N2O5/c1-4-11-21-18(23)12-22(2)19(24)13-27-20(25)16-9-10-17(26-3)15-8-6-5-7-14(15)16/h5-10H,4,11-13H2,1-3H3,(H,21,23). The third-order valence-electron chi connectivity index (χ3n) is 4.03. The van der Waals surface area contributed by atoms with Gasteiger partial charge in [-0.15, -0.1) is 0 Å². The van der Waals surface area contributed by atoms with Gasteiger partial charge in [-0.25, -0.2) is 4.79 Å². The number of fused-ring (bicyclic) bond motifs is 1. The summed E-state index contributed by atoms with van der Waals surface area (Å²) in [6.45, 7) is 1.98. The predicted octanol–water partition coefficient (Wildman–Crippen LogP) is 1.99. The van der Waals surface area contributed by atoms with Crippen LogP contribution >= 0.6 is 0 Å². The molecular formula is C20H24N2O5. The van der Waals surface area contributed by atoms with Crippen molar-refractivity contribution in [2.24, 2.45) is 0 Å². The molecule has 0 aliphatic rings. The first-order chi connectivity index (χ1) is 13.0. The molecule has 0 aliphatic heterocycles. The Bertz CT molecular complexity index is 834. The van der Waals surface area contributed by atoms with Crippen LogP contribution in [-0.2, 0) is 14.3 Å². The Morgan fingerprint density at radius 1 is 1.07 bits per heavy atom. The number of methoxy groups -OCH3 is 1. The fourth-order valence-electron chi connectivity index (χ4n) is 2.57. The van der Waals surface area contributed by atoms with Gasteiger partial charge in [-0.3, -0.25) is 9.59 Å². The highest BCUT2D eigenvalue weighted by atomic mass is 16.5. The highest BCUT2D eigenvalue weighted by Gasteiger charge is 2.18. The fourth-order valence-corrected chi connectivity index (χ4v) is 2.57. The van der Waals surface area contributed by atoms with Crippen LogP contribution in [0.1, 0.15) is 23.7 Å². The predicted molar refractivity (Wildman–Crippen MR) is 102 cm³/mol. The second-order valence-corrected chi connectivity index (χ2v) is 6.04. The number of amides is 2. The van der Waals surface area contributed by atoms with Gasteiger partial charge in [-0.2, -0.15) is 0 Å². The van der Waals surface area contributed by atoms with E-state index in [2.05, 4.69) is 5.32 Å². The number of benzene rings is 2. The molecule has 2 amide bonds. The summed E-state index contributed by atoms with van der Waals surface area (Å²) in [7, 11) is 3.05. The third kappa shape index (κ3) is 5.20. The van der Waals surface area contributed by atoms with E-state index in [1.54, 1.807) is 25.3 Å². The third-order valence-corrected chi connectivity index (χ3v) is 4.03. The van der Waals surface area contributed by atoms with Gasteiger partial charge < -0.3 is 19.7 Å². The van der Waals surface area contributed by atoms with Gasteiger partial charge in [0.2, 0.25) is 5.91 Å². The lowest BCUT2D eigenvalue weighted by atomic mass is 10.0. The van der Waals surface area contributed by atoms with Crippen molar-refractivity contribution in [2.75, 3.05) is 33.9 Å². The van der Waals surface area contributed by atoms with Crippen molar-refractivity contribution in [1.29, 1.82) is 0 Å². The highest BCUT2D eigenvalue weighted by molar-refractivity contribution is 6.06. The second-order valence-electron chi connectivity index (χ2n) is 6.04. The van der Waals surface area contributed by atoms with Gasteiger partial charge in [0.05, 0.1) is 19.2 Å². The van der Waals surface area contributed by atoms with E-state index in [-0.39, 0.29) is 12.5 Å². The van der Waals surface area contributed by atoms with Crippen molar-refractivity contribution in [1.82, 2.24) is 10.2 Å². The molecule has 0 saturated heterocycles. The van der Waals surface area contributed by atoms with E-state index in [0.29, 0.717) is 23.2 Å². The summed E-state index contributed by atoms with van der Waals surface area (Å²) < 4.78 is 10.5. The molecular weight excluding hydrogens is 348 g/mol. The molecule has 144 valence electrons. The molecule has 2 rings (SSSR count). The quantitative estimate of drug-likeness (QED) is 0.717. The van der Waals surface area contributed by atoms with Crippen molar-refractivity contribution in [3.63, 3.8) is 0 Å². The Labute approximate surface area is 158 Å². The lowest BCUT2D eigenvalue weighted by Crippen LogP contribution is -2.40. The minimum absolute atomic E-state index is 0.0815. The molecule has 0 radical (unpaired) electrons. The van der Waals surface area contributed by atoms with Gasteiger partial charge >= 0.3 is 5.97 Å². The van der Waals surface area contributed by atoms with E-state index in [1.807, 2.05) is 25.1 Å². The number of ether oxygens (including phenoxy) is 2.